The van der Waals surface area contributed by atoms with E-state index in [1.54, 1.807) is 5.19 Å². The lowest BCUT2D eigenvalue weighted by Gasteiger charge is -2.45. The van der Waals surface area contributed by atoms with Gasteiger partial charge in [-0.05, 0) is 65.4 Å². The molecule has 1 saturated carbocycles. The zero-order valence-electron chi connectivity index (χ0n) is 17.2. The van der Waals surface area contributed by atoms with Crippen molar-refractivity contribution < 1.29 is 4.43 Å². The lowest BCUT2D eigenvalue weighted by molar-refractivity contribution is 0.0416. The van der Waals surface area contributed by atoms with Gasteiger partial charge in [0.05, 0.1) is 0 Å². The molecule has 0 radical (unpaired) electrons. The van der Waals surface area contributed by atoms with Crippen molar-refractivity contribution in [2.24, 2.45) is 17.8 Å². The standard InChI is InChI=1S/C25H34OSi/c1-19(2)23-16-15-20(3)18-24(23)26-27(22-12-5-4-6-13-22)17-9-11-21-10-7-8-14-25(21)27/h4-8,10,12-14,19-20,23-24H,9,11,15-18H2,1-3H3/t20-,23+,24-,27-/m1/s1. The molecular formula is C25H34OSi. The molecular weight excluding hydrogens is 344 g/mol. The molecule has 0 aromatic heterocycles. The van der Waals surface area contributed by atoms with Gasteiger partial charge in [0.2, 0.25) is 0 Å². The van der Waals surface area contributed by atoms with E-state index in [1.165, 1.54) is 48.9 Å². The van der Waals surface area contributed by atoms with Crippen LogP contribution in [-0.4, -0.2) is 14.4 Å². The highest BCUT2D eigenvalue weighted by Crippen LogP contribution is 2.38. The number of hydrogen-bond acceptors (Lipinski definition) is 1. The van der Waals surface area contributed by atoms with Crippen LogP contribution in [0.1, 0.15) is 52.0 Å². The van der Waals surface area contributed by atoms with E-state index in [1.807, 2.05) is 0 Å². The highest BCUT2D eigenvalue weighted by atomic mass is 28.4. The van der Waals surface area contributed by atoms with Crippen LogP contribution in [0.15, 0.2) is 54.6 Å². The van der Waals surface area contributed by atoms with Gasteiger partial charge < -0.3 is 4.43 Å². The van der Waals surface area contributed by atoms with Gasteiger partial charge >= 0.3 is 0 Å². The van der Waals surface area contributed by atoms with E-state index in [9.17, 15) is 0 Å². The largest absolute Gasteiger partial charge is 0.405 e. The number of hydrogen-bond donors (Lipinski definition) is 0. The third-order valence-corrected chi connectivity index (χ3v) is 11.4. The lowest BCUT2D eigenvalue weighted by atomic mass is 9.75. The Labute approximate surface area is 166 Å². The summed E-state index contributed by atoms with van der Waals surface area (Å²) in [6.45, 7) is 7.20. The van der Waals surface area contributed by atoms with Crippen molar-refractivity contribution in [3.05, 3.63) is 60.2 Å². The minimum atomic E-state index is -2.18. The second kappa shape index (κ2) is 7.93. The predicted molar refractivity (Wildman–Crippen MR) is 117 cm³/mol. The SMILES string of the molecule is CC(C)[C@@H]1CC[C@@H](C)C[C@H]1O[Si@@]1(c2ccccc2)CCCc2ccccc21. The molecule has 2 heteroatoms. The maximum Gasteiger partial charge on any atom is 0.256 e. The van der Waals surface area contributed by atoms with Gasteiger partial charge in [-0.25, -0.2) is 0 Å². The van der Waals surface area contributed by atoms with Crippen LogP contribution in [-0.2, 0) is 10.8 Å². The molecule has 2 aromatic rings. The van der Waals surface area contributed by atoms with Crippen LogP contribution in [0.3, 0.4) is 0 Å². The average molecular weight is 379 g/mol. The number of benzene rings is 2. The predicted octanol–water partition coefficient (Wildman–Crippen LogP) is 5.17. The fourth-order valence-electron chi connectivity index (χ4n) is 5.50. The van der Waals surface area contributed by atoms with Crippen molar-refractivity contribution >= 4 is 18.7 Å². The fourth-order valence-corrected chi connectivity index (χ4v) is 10.0. The summed E-state index contributed by atoms with van der Waals surface area (Å²) >= 11 is 0. The summed E-state index contributed by atoms with van der Waals surface area (Å²) in [4.78, 5) is 0. The van der Waals surface area contributed by atoms with Crippen LogP contribution in [0.4, 0.5) is 0 Å². The van der Waals surface area contributed by atoms with Crippen LogP contribution in [0.5, 0.6) is 0 Å². The Morgan fingerprint density at radius 1 is 0.963 bits per heavy atom. The molecule has 0 N–H and O–H groups in total. The van der Waals surface area contributed by atoms with Crippen molar-refractivity contribution in [3.8, 4) is 0 Å². The molecule has 0 unspecified atom stereocenters. The monoisotopic (exact) mass is 378 g/mol. The molecule has 0 bridgehead atoms. The Kier molecular flexibility index (Phi) is 5.57. The molecule has 1 nitrogen and oxygen atoms in total. The third-order valence-electron chi connectivity index (χ3n) is 6.98. The van der Waals surface area contributed by atoms with Crippen LogP contribution in [0, 0.1) is 17.8 Å². The van der Waals surface area contributed by atoms with E-state index in [2.05, 4.69) is 75.4 Å². The molecule has 1 aliphatic carbocycles. The first-order valence-electron chi connectivity index (χ1n) is 10.9. The normalized spacial score (nSPS) is 30.9. The highest BCUT2D eigenvalue weighted by molar-refractivity contribution is 6.98. The molecule has 0 saturated heterocycles. The van der Waals surface area contributed by atoms with Gasteiger partial charge in [-0.3, -0.25) is 0 Å². The van der Waals surface area contributed by atoms with Gasteiger partial charge in [-0.2, -0.15) is 0 Å². The van der Waals surface area contributed by atoms with Gasteiger partial charge in [0.25, 0.3) is 8.32 Å². The van der Waals surface area contributed by atoms with Crippen LogP contribution < -0.4 is 10.4 Å². The van der Waals surface area contributed by atoms with E-state index < -0.39 is 8.32 Å². The van der Waals surface area contributed by atoms with Gasteiger partial charge in [0.1, 0.15) is 0 Å². The molecule has 1 aliphatic heterocycles. The van der Waals surface area contributed by atoms with Crippen molar-refractivity contribution in [3.63, 3.8) is 0 Å². The van der Waals surface area contributed by atoms with Crippen molar-refractivity contribution in [1.82, 2.24) is 0 Å². The average Bonchev–Trinajstić information content (AvgIpc) is 2.69. The molecule has 144 valence electrons. The minimum Gasteiger partial charge on any atom is -0.405 e. The first kappa shape index (κ1) is 19.0. The molecule has 27 heavy (non-hydrogen) atoms. The molecule has 4 rings (SSSR count). The summed E-state index contributed by atoms with van der Waals surface area (Å²) in [7, 11) is -2.18. The first-order chi connectivity index (χ1) is 13.1. The minimum absolute atomic E-state index is 0.409. The van der Waals surface area contributed by atoms with E-state index in [-0.39, 0.29) is 0 Å². The topological polar surface area (TPSA) is 9.23 Å². The van der Waals surface area contributed by atoms with Crippen LogP contribution in [0.2, 0.25) is 6.04 Å². The van der Waals surface area contributed by atoms with Gasteiger partial charge in [0, 0.05) is 6.10 Å². The zero-order chi connectivity index (χ0) is 18.9. The van der Waals surface area contributed by atoms with E-state index in [0.717, 1.165) is 5.92 Å². The van der Waals surface area contributed by atoms with Gasteiger partial charge in [0.15, 0.2) is 0 Å². The number of fused-ring (bicyclic) bond motifs is 1. The van der Waals surface area contributed by atoms with Gasteiger partial charge in [-0.1, -0.05) is 81.8 Å². The fraction of sp³-hybridized carbons (Fsp3) is 0.520. The highest BCUT2D eigenvalue weighted by Gasteiger charge is 2.46. The number of aryl methyl sites for hydroxylation is 1. The van der Waals surface area contributed by atoms with Crippen LogP contribution >= 0.6 is 0 Å². The maximum absolute atomic E-state index is 7.42. The second-order valence-corrected chi connectivity index (χ2v) is 12.7. The Hall–Kier alpha value is -1.38. The van der Waals surface area contributed by atoms with E-state index in [0.29, 0.717) is 17.9 Å². The summed E-state index contributed by atoms with van der Waals surface area (Å²) in [6.07, 6.45) is 6.78. The summed E-state index contributed by atoms with van der Waals surface area (Å²) in [5.41, 5.74) is 1.53. The Morgan fingerprint density at radius 2 is 1.70 bits per heavy atom. The molecule has 2 aromatic carbocycles. The Balaban J connectivity index is 1.78. The van der Waals surface area contributed by atoms with E-state index >= 15 is 0 Å². The third kappa shape index (κ3) is 3.66. The summed E-state index contributed by atoms with van der Waals surface area (Å²) in [5, 5.41) is 3.01. The smallest absolute Gasteiger partial charge is 0.256 e. The Bertz CT molecular complexity index is 756. The summed E-state index contributed by atoms with van der Waals surface area (Å²) in [6, 6.07) is 21.6. The quantitative estimate of drug-likeness (QED) is 0.667. The van der Waals surface area contributed by atoms with Crippen molar-refractivity contribution in [2.75, 3.05) is 0 Å². The zero-order valence-corrected chi connectivity index (χ0v) is 18.2. The summed E-state index contributed by atoms with van der Waals surface area (Å²) in [5.74, 6) is 2.18. The maximum atomic E-state index is 7.42. The molecule has 4 atom stereocenters. The molecule has 0 spiro atoms. The van der Waals surface area contributed by atoms with Crippen molar-refractivity contribution in [1.29, 1.82) is 0 Å². The first-order valence-corrected chi connectivity index (χ1v) is 13.0. The molecule has 0 amide bonds. The van der Waals surface area contributed by atoms with Gasteiger partial charge in [-0.15, -0.1) is 0 Å². The van der Waals surface area contributed by atoms with Crippen LogP contribution in [0.25, 0.3) is 0 Å². The molecule has 2 aliphatic rings. The van der Waals surface area contributed by atoms with Crippen molar-refractivity contribution in [2.45, 2.75) is 65.0 Å². The summed E-state index contributed by atoms with van der Waals surface area (Å²) < 4.78 is 7.42. The lowest BCUT2D eigenvalue weighted by Crippen LogP contribution is -2.65. The molecule has 1 fully saturated rings. The van der Waals surface area contributed by atoms with E-state index in [4.69, 9.17) is 4.43 Å². The Morgan fingerprint density at radius 3 is 2.48 bits per heavy atom. The molecule has 1 heterocycles. The second-order valence-electron chi connectivity index (χ2n) is 9.19. The number of rotatable bonds is 4.